The molecule has 0 aliphatic rings. The largest absolute Gasteiger partial charge is 0.468 e. The van der Waals surface area contributed by atoms with Crippen molar-refractivity contribution in [3.63, 3.8) is 0 Å². The highest BCUT2D eigenvalue weighted by atomic mass is 79.9. The Labute approximate surface area is 110 Å². The SMILES string of the molecule is CCCC(NCc1ccc(Br)nc1)C(=O)OC. The van der Waals surface area contributed by atoms with Gasteiger partial charge in [-0.1, -0.05) is 19.4 Å². The first-order valence-electron chi connectivity index (χ1n) is 5.59. The molecule has 5 heteroatoms. The van der Waals surface area contributed by atoms with Gasteiger partial charge in [0.15, 0.2) is 0 Å². The zero-order valence-corrected chi connectivity index (χ0v) is 11.7. The Balaban J connectivity index is 2.51. The van der Waals surface area contributed by atoms with E-state index < -0.39 is 0 Å². The molecule has 4 nitrogen and oxygen atoms in total. The van der Waals surface area contributed by atoms with Gasteiger partial charge in [-0.05, 0) is 34.0 Å². The molecule has 0 saturated heterocycles. The fourth-order valence-electron chi connectivity index (χ4n) is 1.49. The predicted molar refractivity (Wildman–Crippen MR) is 69.5 cm³/mol. The van der Waals surface area contributed by atoms with E-state index in [4.69, 9.17) is 4.74 Å². The van der Waals surface area contributed by atoms with Crippen LogP contribution in [0.25, 0.3) is 0 Å². The maximum absolute atomic E-state index is 11.5. The van der Waals surface area contributed by atoms with Crippen LogP contribution in [0.4, 0.5) is 0 Å². The van der Waals surface area contributed by atoms with E-state index in [1.54, 1.807) is 6.20 Å². The quantitative estimate of drug-likeness (QED) is 0.647. The minimum Gasteiger partial charge on any atom is -0.468 e. The van der Waals surface area contributed by atoms with E-state index >= 15 is 0 Å². The maximum Gasteiger partial charge on any atom is 0.322 e. The van der Waals surface area contributed by atoms with Gasteiger partial charge in [0.25, 0.3) is 0 Å². The number of nitrogens with one attached hydrogen (secondary N) is 1. The van der Waals surface area contributed by atoms with Gasteiger partial charge in [-0.3, -0.25) is 4.79 Å². The average molecular weight is 301 g/mol. The number of carbonyl (C=O) groups is 1. The Morgan fingerprint density at radius 2 is 2.35 bits per heavy atom. The molecule has 0 radical (unpaired) electrons. The summed E-state index contributed by atoms with van der Waals surface area (Å²) in [6, 6.07) is 3.60. The number of hydrogen-bond donors (Lipinski definition) is 1. The van der Waals surface area contributed by atoms with Crippen LogP contribution in [-0.4, -0.2) is 24.1 Å². The van der Waals surface area contributed by atoms with Gasteiger partial charge >= 0.3 is 5.97 Å². The summed E-state index contributed by atoms with van der Waals surface area (Å²) in [6.45, 7) is 2.65. The number of halogens is 1. The van der Waals surface area contributed by atoms with Crippen molar-refractivity contribution in [3.05, 3.63) is 28.5 Å². The molecule has 0 fully saturated rings. The highest BCUT2D eigenvalue weighted by Crippen LogP contribution is 2.07. The Morgan fingerprint density at radius 1 is 1.59 bits per heavy atom. The second-order valence-electron chi connectivity index (χ2n) is 3.73. The molecule has 1 aromatic rings. The Bertz CT molecular complexity index is 354. The number of methoxy groups -OCH3 is 1. The number of nitrogens with zero attached hydrogens (tertiary/aromatic N) is 1. The van der Waals surface area contributed by atoms with E-state index in [1.165, 1.54) is 7.11 Å². The predicted octanol–water partition coefficient (Wildman–Crippen LogP) is 2.28. The molecule has 17 heavy (non-hydrogen) atoms. The minimum atomic E-state index is -0.242. The van der Waals surface area contributed by atoms with Gasteiger partial charge in [-0.15, -0.1) is 0 Å². The van der Waals surface area contributed by atoms with Crippen molar-refractivity contribution in [2.24, 2.45) is 0 Å². The Morgan fingerprint density at radius 3 is 2.88 bits per heavy atom. The van der Waals surface area contributed by atoms with Gasteiger partial charge in [-0.25, -0.2) is 4.98 Å². The molecule has 1 rings (SSSR count). The second kappa shape index (κ2) is 7.40. The highest BCUT2D eigenvalue weighted by Gasteiger charge is 2.16. The van der Waals surface area contributed by atoms with Crippen molar-refractivity contribution < 1.29 is 9.53 Å². The normalized spacial score (nSPS) is 12.2. The van der Waals surface area contributed by atoms with Crippen molar-refractivity contribution in [1.29, 1.82) is 0 Å². The summed E-state index contributed by atoms with van der Waals surface area (Å²) in [5.41, 5.74) is 1.04. The molecular formula is C12H17BrN2O2. The lowest BCUT2D eigenvalue weighted by Crippen LogP contribution is -2.37. The number of ether oxygens (including phenoxy) is 1. The second-order valence-corrected chi connectivity index (χ2v) is 4.55. The maximum atomic E-state index is 11.5. The molecule has 0 saturated carbocycles. The van der Waals surface area contributed by atoms with Crippen LogP contribution in [0.2, 0.25) is 0 Å². The van der Waals surface area contributed by atoms with Crippen LogP contribution >= 0.6 is 15.9 Å². The van der Waals surface area contributed by atoms with Gasteiger partial charge in [0.2, 0.25) is 0 Å². The zero-order chi connectivity index (χ0) is 12.7. The van der Waals surface area contributed by atoms with Crippen LogP contribution in [0, 0.1) is 0 Å². The first-order chi connectivity index (χ1) is 8.17. The highest BCUT2D eigenvalue weighted by molar-refractivity contribution is 9.10. The molecule has 0 amide bonds. The molecular weight excluding hydrogens is 284 g/mol. The molecule has 0 aromatic carbocycles. The van der Waals surface area contributed by atoms with Crippen LogP contribution in [0.15, 0.2) is 22.9 Å². The van der Waals surface area contributed by atoms with Gasteiger partial charge in [0.1, 0.15) is 10.6 Å². The molecule has 1 heterocycles. The third-order valence-electron chi connectivity index (χ3n) is 2.40. The molecule has 0 spiro atoms. The van der Waals surface area contributed by atoms with Gasteiger partial charge < -0.3 is 10.1 Å². The van der Waals surface area contributed by atoms with Crippen molar-refractivity contribution in [2.75, 3.05) is 7.11 Å². The number of pyridine rings is 1. The van der Waals surface area contributed by atoms with Crippen molar-refractivity contribution in [3.8, 4) is 0 Å². The summed E-state index contributed by atoms with van der Waals surface area (Å²) in [5.74, 6) is -0.211. The number of rotatable bonds is 6. The Kier molecular flexibility index (Phi) is 6.15. The van der Waals surface area contributed by atoms with Crippen LogP contribution in [-0.2, 0) is 16.1 Å². The van der Waals surface area contributed by atoms with E-state index in [-0.39, 0.29) is 12.0 Å². The smallest absolute Gasteiger partial charge is 0.322 e. The first-order valence-corrected chi connectivity index (χ1v) is 6.38. The molecule has 0 aliphatic heterocycles. The molecule has 0 aliphatic carbocycles. The fourth-order valence-corrected chi connectivity index (χ4v) is 1.72. The molecule has 0 bridgehead atoms. The van der Waals surface area contributed by atoms with Gasteiger partial charge in [0, 0.05) is 12.7 Å². The van der Waals surface area contributed by atoms with E-state index in [9.17, 15) is 4.79 Å². The van der Waals surface area contributed by atoms with Crippen molar-refractivity contribution in [1.82, 2.24) is 10.3 Å². The topological polar surface area (TPSA) is 51.2 Å². The lowest BCUT2D eigenvalue weighted by atomic mass is 10.1. The van der Waals surface area contributed by atoms with Gasteiger partial charge in [-0.2, -0.15) is 0 Å². The third kappa shape index (κ3) is 4.83. The monoisotopic (exact) mass is 300 g/mol. The third-order valence-corrected chi connectivity index (χ3v) is 2.87. The van der Waals surface area contributed by atoms with Crippen LogP contribution in [0.5, 0.6) is 0 Å². The lowest BCUT2D eigenvalue weighted by molar-refractivity contribution is -0.143. The number of carbonyl (C=O) groups excluding carboxylic acids is 1. The average Bonchev–Trinajstić information content (AvgIpc) is 2.35. The Hall–Kier alpha value is -0.940. The molecule has 1 aromatic heterocycles. The fraction of sp³-hybridized carbons (Fsp3) is 0.500. The summed E-state index contributed by atoms with van der Waals surface area (Å²) >= 11 is 3.28. The molecule has 1 atom stereocenters. The van der Waals surface area contributed by atoms with Crippen LogP contribution in [0.3, 0.4) is 0 Å². The lowest BCUT2D eigenvalue weighted by Gasteiger charge is -2.15. The number of aromatic nitrogens is 1. The minimum absolute atomic E-state index is 0.211. The van der Waals surface area contributed by atoms with E-state index in [1.807, 2.05) is 19.1 Å². The standard InChI is InChI=1S/C12H17BrN2O2/c1-3-4-10(12(16)17-2)14-7-9-5-6-11(13)15-8-9/h5-6,8,10,14H,3-4,7H2,1-2H3. The van der Waals surface area contributed by atoms with Crippen LogP contribution in [0.1, 0.15) is 25.3 Å². The van der Waals surface area contributed by atoms with Crippen LogP contribution < -0.4 is 5.32 Å². The zero-order valence-electron chi connectivity index (χ0n) is 10.1. The van der Waals surface area contributed by atoms with Crippen molar-refractivity contribution >= 4 is 21.9 Å². The summed E-state index contributed by atoms with van der Waals surface area (Å²) in [7, 11) is 1.41. The number of hydrogen-bond acceptors (Lipinski definition) is 4. The summed E-state index contributed by atoms with van der Waals surface area (Å²) in [4.78, 5) is 15.6. The van der Waals surface area contributed by atoms with E-state index in [0.717, 1.165) is 23.0 Å². The molecule has 94 valence electrons. The summed E-state index contributed by atoms with van der Waals surface area (Å²) < 4.78 is 5.55. The first kappa shape index (κ1) is 14.1. The van der Waals surface area contributed by atoms with Gasteiger partial charge in [0.05, 0.1) is 7.11 Å². The molecule has 1 unspecified atom stereocenters. The van der Waals surface area contributed by atoms with E-state index in [2.05, 4.69) is 26.2 Å². The number of esters is 1. The van der Waals surface area contributed by atoms with E-state index in [0.29, 0.717) is 6.54 Å². The summed E-state index contributed by atoms with van der Waals surface area (Å²) in [6.07, 6.45) is 3.49. The van der Waals surface area contributed by atoms with Crippen molar-refractivity contribution in [2.45, 2.75) is 32.4 Å². The summed E-state index contributed by atoms with van der Waals surface area (Å²) in [5, 5.41) is 3.18. The molecule has 1 N–H and O–H groups in total.